The number of nitrogens with zero attached hydrogens (tertiary/aromatic N) is 2. The molecule has 0 aromatic carbocycles. The number of ether oxygens (including phenoxy) is 4. The van der Waals surface area contributed by atoms with Crippen LogP contribution in [0.2, 0.25) is 0 Å². The van der Waals surface area contributed by atoms with Gasteiger partial charge in [-0.15, -0.1) is 0 Å². The molecule has 0 aliphatic carbocycles. The van der Waals surface area contributed by atoms with Gasteiger partial charge in [0.2, 0.25) is 0 Å². The highest BCUT2D eigenvalue weighted by molar-refractivity contribution is 6.81. The van der Waals surface area contributed by atoms with Crippen LogP contribution in [0.3, 0.4) is 0 Å². The first-order valence-electron chi connectivity index (χ1n) is 9.35. The zero-order valence-corrected chi connectivity index (χ0v) is 17.5. The maximum Gasteiger partial charge on any atom is 0.372 e. The summed E-state index contributed by atoms with van der Waals surface area (Å²) in [6, 6.07) is 1.60. The summed E-state index contributed by atoms with van der Waals surface area (Å²) in [7, 11) is 0. The van der Waals surface area contributed by atoms with E-state index in [0.717, 1.165) is 25.9 Å². The van der Waals surface area contributed by atoms with Gasteiger partial charge < -0.3 is 28.7 Å². The second-order valence-corrected chi connectivity index (χ2v) is 6.32. The van der Waals surface area contributed by atoms with E-state index in [9.17, 15) is 9.59 Å². The SMILES string of the molecule is CCOC(=O)/C(Cl)=N/O.CCOC(=O)c1cc(CC(C)OC2CCCCO2)on1. The quantitative estimate of drug-likeness (QED) is 0.284. The van der Waals surface area contributed by atoms with Gasteiger partial charge in [0.1, 0.15) is 5.76 Å². The maximum absolute atomic E-state index is 11.5. The van der Waals surface area contributed by atoms with Crippen LogP contribution in [0.15, 0.2) is 15.7 Å². The molecular weight excluding hydrogens is 408 g/mol. The Morgan fingerprint density at radius 3 is 2.66 bits per heavy atom. The Morgan fingerprint density at radius 2 is 2.07 bits per heavy atom. The summed E-state index contributed by atoms with van der Waals surface area (Å²) in [5.74, 6) is -0.676. The average Bonchev–Trinajstić information content (AvgIpc) is 3.17. The molecule has 1 aromatic rings. The van der Waals surface area contributed by atoms with E-state index in [1.807, 2.05) is 6.92 Å². The lowest BCUT2D eigenvalue weighted by Gasteiger charge is -2.25. The molecule has 164 valence electrons. The van der Waals surface area contributed by atoms with Gasteiger partial charge in [0.15, 0.2) is 12.0 Å². The van der Waals surface area contributed by atoms with Gasteiger partial charge in [0, 0.05) is 19.1 Å². The van der Waals surface area contributed by atoms with E-state index in [0.29, 0.717) is 18.8 Å². The van der Waals surface area contributed by atoms with Gasteiger partial charge in [-0.05, 0) is 40.0 Å². The van der Waals surface area contributed by atoms with Gasteiger partial charge in [0.05, 0.1) is 19.3 Å². The monoisotopic (exact) mass is 434 g/mol. The van der Waals surface area contributed by atoms with Crippen molar-refractivity contribution in [1.29, 1.82) is 0 Å². The van der Waals surface area contributed by atoms with Gasteiger partial charge >= 0.3 is 11.9 Å². The summed E-state index contributed by atoms with van der Waals surface area (Å²) in [6.07, 6.45) is 3.51. The molecule has 1 aromatic heterocycles. The zero-order chi connectivity index (χ0) is 21.6. The summed E-state index contributed by atoms with van der Waals surface area (Å²) in [4.78, 5) is 21.8. The Bertz CT molecular complexity index is 658. The summed E-state index contributed by atoms with van der Waals surface area (Å²) in [5.41, 5.74) is 0.197. The molecule has 1 fully saturated rings. The van der Waals surface area contributed by atoms with Crippen molar-refractivity contribution in [3.63, 3.8) is 0 Å². The lowest BCUT2D eigenvalue weighted by molar-refractivity contribution is -0.184. The second-order valence-electron chi connectivity index (χ2n) is 5.96. The van der Waals surface area contributed by atoms with Crippen LogP contribution in [-0.2, 0) is 30.2 Å². The highest BCUT2D eigenvalue weighted by Gasteiger charge is 2.20. The fourth-order valence-corrected chi connectivity index (χ4v) is 2.41. The Labute approximate surface area is 174 Å². The molecule has 10 nitrogen and oxygen atoms in total. The third-order valence-electron chi connectivity index (χ3n) is 3.59. The van der Waals surface area contributed by atoms with Gasteiger partial charge in [-0.3, -0.25) is 0 Å². The molecule has 11 heteroatoms. The second kappa shape index (κ2) is 13.9. The Kier molecular flexibility index (Phi) is 11.9. The molecule has 0 amide bonds. The fraction of sp³-hybridized carbons (Fsp3) is 0.667. The molecule has 1 aliphatic rings. The molecular formula is C18H27ClN2O8. The summed E-state index contributed by atoms with van der Waals surface area (Å²) in [5, 5.41) is 13.4. The van der Waals surface area contributed by atoms with E-state index in [2.05, 4.69) is 15.0 Å². The van der Waals surface area contributed by atoms with E-state index in [1.165, 1.54) is 0 Å². The molecule has 0 saturated carbocycles. The lowest BCUT2D eigenvalue weighted by Crippen LogP contribution is -2.27. The minimum Gasteiger partial charge on any atom is -0.461 e. The van der Waals surface area contributed by atoms with Gasteiger partial charge in [-0.2, -0.15) is 0 Å². The van der Waals surface area contributed by atoms with Crippen LogP contribution >= 0.6 is 11.6 Å². The minimum atomic E-state index is -0.818. The number of carbonyl (C=O) groups is 2. The molecule has 1 saturated heterocycles. The molecule has 1 aliphatic heterocycles. The maximum atomic E-state index is 11.5. The highest BCUT2D eigenvalue weighted by atomic mass is 35.5. The first kappa shape index (κ1) is 24.9. The van der Waals surface area contributed by atoms with Crippen LogP contribution in [0.4, 0.5) is 0 Å². The summed E-state index contributed by atoms with van der Waals surface area (Å²) < 4.78 is 25.6. The minimum absolute atomic E-state index is 0.0545. The predicted molar refractivity (Wildman–Crippen MR) is 102 cm³/mol. The summed E-state index contributed by atoms with van der Waals surface area (Å²) >= 11 is 5.02. The van der Waals surface area contributed by atoms with Crippen LogP contribution in [0.1, 0.15) is 56.3 Å². The molecule has 0 spiro atoms. The van der Waals surface area contributed by atoms with E-state index in [-0.39, 0.29) is 24.7 Å². The number of hydrogen-bond acceptors (Lipinski definition) is 10. The standard InChI is InChI=1S/C14H21NO5.C4H6ClNO3/c1-3-17-14(16)12-9-11(20-15-12)8-10(2)19-13-6-4-5-7-18-13;1-2-9-4(7)3(5)6-8/h9-10,13H,3-8H2,1-2H3;8H,2H2,1H3/b;6-3-. The van der Waals surface area contributed by atoms with Crippen molar-refractivity contribution in [3.8, 4) is 0 Å². The molecule has 2 heterocycles. The van der Waals surface area contributed by atoms with Crippen LogP contribution in [0, 0.1) is 0 Å². The lowest BCUT2D eigenvalue weighted by atomic mass is 10.2. The van der Waals surface area contributed by atoms with E-state index >= 15 is 0 Å². The van der Waals surface area contributed by atoms with Crippen LogP contribution in [-0.4, -0.2) is 59.7 Å². The number of hydrogen-bond donors (Lipinski definition) is 1. The normalized spacial score (nSPS) is 17.7. The van der Waals surface area contributed by atoms with Crippen molar-refractivity contribution >= 4 is 28.7 Å². The number of aromatic nitrogens is 1. The average molecular weight is 435 g/mol. The zero-order valence-electron chi connectivity index (χ0n) is 16.8. The Hall–Kier alpha value is -2.17. The number of esters is 2. The van der Waals surface area contributed by atoms with Crippen LogP contribution in [0.5, 0.6) is 0 Å². The number of oxime groups is 1. The van der Waals surface area contributed by atoms with Gasteiger partial charge in [-0.25, -0.2) is 9.59 Å². The van der Waals surface area contributed by atoms with Gasteiger partial charge in [-0.1, -0.05) is 21.9 Å². The van der Waals surface area contributed by atoms with Crippen molar-refractivity contribution < 1.29 is 38.3 Å². The molecule has 29 heavy (non-hydrogen) atoms. The van der Waals surface area contributed by atoms with Crippen molar-refractivity contribution in [3.05, 3.63) is 17.5 Å². The molecule has 2 unspecified atom stereocenters. The van der Waals surface area contributed by atoms with E-state index < -0.39 is 17.1 Å². The molecule has 1 N–H and O–H groups in total. The highest BCUT2D eigenvalue weighted by Crippen LogP contribution is 2.17. The molecule has 0 radical (unpaired) electrons. The van der Waals surface area contributed by atoms with Gasteiger partial charge in [0.25, 0.3) is 5.17 Å². The molecule has 0 bridgehead atoms. The van der Waals surface area contributed by atoms with Crippen molar-refractivity contribution in [1.82, 2.24) is 5.16 Å². The summed E-state index contributed by atoms with van der Waals surface area (Å²) in [6.45, 7) is 6.61. The third kappa shape index (κ3) is 9.73. The van der Waals surface area contributed by atoms with E-state index in [1.54, 1.807) is 19.9 Å². The Balaban J connectivity index is 0.000000396. The topological polar surface area (TPSA) is 130 Å². The fourth-order valence-electron chi connectivity index (χ4n) is 2.35. The number of halogens is 1. The van der Waals surface area contributed by atoms with Crippen molar-refractivity contribution in [2.24, 2.45) is 5.16 Å². The first-order chi connectivity index (χ1) is 13.9. The number of rotatable bonds is 8. The smallest absolute Gasteiger partial charge is 0.372 e. The number of carbonyl (C=O) groups excluding carboxylic acids is 2. The molecule has 2 atom stereocenters. The van der Waals surface area contributed by atoms with Crippen LogP contribution < -0.4 is 0 Å². The molecule has 2 rings (SSSR count). The largest absolute Gasteiger partial charge is 0.461 e. The van der Waals surface area contributed by atoms with Crippen LogP contribution in [0.25, 0.3) is 0 Å². The van der Waals surface area contributed by atoms with E-state index in [4.69, 9.17) is 35.5 Å². The van der Waals surface area contributed by atoms with Crippen molar-refractivity contribution in [2.75, 3.05) is 19.8 Å². The Morgan fingerprint density at radius 1 is 1.34 bits per heavy atom. The third-order valence-corrected chi connectivity index (χ3v) is 3.82. The first-order valence-corrected chi connectivity index (χ1v) is 9.73. The predicted octanol–water partition coefficient (Wildman–Crippen LogP) is 2.90. The van der Waals surface area contributed by atoms with Crippen molar-refractivity contribution in [2.45, 2.75) is 58.8 Å².